The average Bonchev–Trinajstić information content (AvgIpc) is 2.84. The van der Waals surface area contributed by atoms with Gasteiger partial charge in [-0.25, -0.2) is 0 Å². The van der Waals surface area contributed by atoms with Crippen LogP contribution in [0.5, 0.6) is 0 Å². The Hall–Kier alpha value is -1.81. The smallest absolute Gasteiger partial charge is 0.287 e. The van der Waals surface area contributed by atoms with Gasteiger partial charge in [-0.3, -0.25) is 4.79 Å². The van der Waals surface area contributed by atoms with Crippen LogP contribution < -0.4 is 5.32 Å². The number of hydrogen-bond acceptors (Lipinski definition) is 3. The largest absolute Gasteiger partial charge is 0.451 e. The van der Waals surface area contributed by atoms with E-state index in [1.165, 1.54) is 0 Å². The first-order valence-corrected chi connectivity index (χ1v) is 7.12. The van der Waals surface area contributed by atoms with E-state index in [0.717, 1.165) is 36.6 Å². The van der Waals surface area contributed by atoms with Gasteiger partial charge in [0, 0.05) is 5.39 Å². The Morgan fingerprint density at radius 1 is 1.30 bits per heavy atom. The second-order valence-corrected chi connectivity index (χ2v) is 5.58. The second kappa shape index (κ2) is 5.29. The molecule has 0 spiro atoms. The third kappa shape index (κ3) is 2.56. The monoisotopic (exact) mass is 273 g/mol. The van der Waals surface area contributed by atoms with Crippen LogP contribution in [0.1, 0.15) is 41.8 Å². The van der Waals surface area contributed by atoms with E-state index >= 15 is 0 Å². The minimum Gasteiger partial charge on any atom is -0.451 e. The Morgan fingerprint density at radius 2 is 2.10 bits per heavy atom. The fraction of sp³-hybridized carbons (Fsp3) is 0.438. The standard InChI is InChI=1S/C16H19NO3/c1-10-6-7-14-11(8-10)9-15(20-14)16(19)17-12-4-2-3-5-13(12)18/h6-9,12-13,18H,2-5H2,1H3,(H,17,19)/t12-,13-/m1/s1. The van der Waals surface area contributed by atoms with Crippen LogP contribution in [0.25, 0.3) is 11.0 Å². The maximum Gasteiger partial charge on any atom is 0.287 e. The summed E-state index contributed by atoms with van der Waals surface area (Å²) in [4.78, 5) is 12.2. The Balaban J connectivity index is 1.78. The minimum atomic E-state index is -0.445. The number of rotatable bonds is 2. The SMILES string of the molecule is Cc1ccc2oc(C(=O)N[C@@H]3CCCC[C@H]3O)cc2c1. The molecular weight excluding hydrogens is 254 g/mol. The van der Waals surface area contributed by atoms with Gasteiger partial charge in [-0.1, -0.05) is 24.5 Å². The summed E-state index contributed by atoms with van der Waals surface area (Å²) >= 11 is 0. The number of aliphatic hydroxyl groups is 1. The first-order valence-electron chi connectivity index (χ1n) is 7.12. The van der Waals surface area contributed by atoms with Gasteiger partial charge >= 0.3 is 0 Å². The summed E-state index contributed by atoms with van der Waals surface area (Å²) in [6.07, 6.45) is 3.20. The molecular formula is C16H19NO3. The summed E-state index contributed by atoms with van der Waals surface area (Å²) in [5.74, 6) is 0.0631. The van der Waals surface area contributed by atoms with E-state index in [4.69, 9.17) is 4.42 Å². The first-order chi connectivity index (χ1) is 9.63. The molecule has 3 rings (SSSR count). The lowest BCUT2D eigenvalue weighted by molar-refractivity contribution is 0.0699. The Morgan fingerprint density at radius 3 is 2.90 bits per heavy atom. The van der Waals surface area contributed by atoms with Crippen LogP contribution >= 0.6 is 0 Å². The molecule has 1 heterocycles. The molecule has 0 radical (unpaired) electrons. The van der Waals surface area contributed by atoms with Gasteiger partial charge < -0.3 is 14.8 Å². The van der Waals surface area contributed by atoms with Crippen molar-refractivity contribution in [2.24, 2.45) is 0 Å². The van der Waals surface area contributed by atoms with Crippen molar-refractivity contribution in [2.75, 3.05) is 0 Å². The Kier molecular flexibility index (Phi) is 3.49. The molecule has 1 aliphatic rings. The molecule has 2 N–H and O–H groups in total. The number of aryl methyl sites for hydroxylation is 1. The number of hydrogen-bond donors (Lipinski definition) is 2. The molecule has 2 aromatic rings. The molecule has 0 saturated heterocycles. The molecule has 1 aromatic carbocycles. The molecule has 1 fully saturated rings. The summed E-state index contributed by atoms with van der Waals surface area (Å²) < 4.78 is 5.57. The minimum absolute atomic E-state index is 0.161. The van der Waals surface area contributed by atoms with Gasteiger partial charge in [-0.2, -0.15) is 0 Å². The average molecular weight is 273 g/mol. The van der Waals surface area contributed by atoms with Gasteiger partial charge in [0.1, 0.15) is 5.58 Å². The van der Waals surface area contributed by atoms with E-state index in [2.05, 4.69) is 5.32 Å². The van der Waals surface area contributed by atoms with Crippen molar-refractivity contribution >= 4 is 16.9 Å². The van der Waals surface area contributed by atoms with E-state index in [9.17, 15) is 9.90 Å². The predicted molar refractivity (Wildman–Crippen MR) is 76.7 cm³/mol. The normalized spacial score (nSPS) is 22.9. The highest BCUT2D eigenvalue weighted by Crippen LogP contribution is 2.22. The van der Waals surface area contributed by atoms with Crippen molar-refractivity contribution in [3.05, 3.63) is 35.6 Å². The van der Waals surface area contributed by atoms with Crippen LogP contribution in [0.2, 0.25) is 0 Å². The van der Waals surface area contributed by atoms with Crippen molar-refractivity contribution < 1.29 is 14.3 Å². The highest BCUT2D eigenvalue weighted by molar-refractivity contribution is 5.96. The van der Waals surface area contributed by atoms with E-state index in [0.29, 0.717) is 11.3 Å². The lowest BCUT2D eigenvalue weighted by atomic mass is 9.92. The number of fused-ring (bicyclic) bond motifs is 1. The number of nitrogens with one attached hydrogen (secondary N) is 1. The van der Waals surface area contributed by atoms with Crippen LogP contribution in [-0.4, -0.2) is 23.2 Å². The molecule has 0 aliphatic heterocycles. The summed E-state index contributed by atoms with van der Waals surface area (Å²) in [6, 6.07) is 7.42. The fourth-order valence-corrected chi connectivity index (χ4v) is 2.79. The molecule has 4 nitrogen and oxygen atoms in total. The number of aliphatic hydroxyl groups excluding tert-OH is 1. The van der Waals surface area contributed by atoms with Crippen molar-refractivity contribution in [1.29, 1.82) is 0 Å². The van der Waals surface area contributed by atoms with Crippen molar-refractivity contribution in [3.63, 3.8) is 0 Å². The summed E-state index contributed by atoms with van der Waals surface area (Å²) in [5, 5.41) is 13.7. The van der Waals surface area contributed by atoms with Crippen LogP contribution in [0.3, 0.4) is 0 Å². The number of benzene rings is 1. The second-order valence-electron chi connectivity index (χ2n) is 5.58. The Labute approximate surface area is 117 Å². The molecule has 0 bridgehead atoms. The lowest BCUT2D eigenvalue weighted by Gasteiger charge is -2.27. The number of furan rings is 1. The van der Waals surface area contributed by atoms with Gasteiger partial charge in [0.05, 0.1) is 12.1 Å². The van der Waals surface area contributed by atoms with Crippen molar-refractivity contribution in [1.82, 2.24) is 5.32 Å². The summed E-state index contributed by atoms with van der Waals surface area (Å²) in [6.45, 7) is 2.00. The van der Waals surface area contributed by atoms with Gasteiger partial charge in [0.2, 0.25) is 0 Å². The van der Waals surface area contributed by atoms with E-state index in [-0.39, 0.29) is 11.9 Å². The lowest BCUT2D eigenvalue weighted by Crippen LogP contribution is -2.44. The highest BCUT2D eigenvalue weighted by atomic mass is 16.3. The van der Waals surface area contributed by atoms with Crippen LogP contribution in [0, 0.1) is 6.92 Å². The first kappa shape index (κ1) is 13.2. The van der Waals surface area contributed by atoms with E-state index < -0.39 is 6.10 Å². The van der Waals surface area contributed by atoms with E-state index in [1.54, 1.807) is 6.07 Å². The molecule has 1 amide bonds. The number of amides is 1. The molecule has 2 atom stereocenters. The zero-order valence-corrected chi connectivity index (χ0v) is 11.6. The van der Waals surface area contributed by atoms with Crippen molar-refractivity contribution in [2.45, 2.75) is 44.8 Å². The fourth-order valence-electron chi connectivity index (χ4n) is 2.79. The maximum atomic E-state index is 12.2. The molecule has 0 unspecified atom stereocenters. The zero-order chi connectivity index (χ0) is 14.1. The van der Waals surface area contributed by atoms with Crippen LogP contribution in [-0.2, 0) is 0 Å². The van der Waals surface area contributed by atoms with Crippen LogP contribution in [0.15, 0.2) is 28.7 Å². The molecule has 4 heteroatoms. The van der Waals surface area contributed by atoms with Crippen molar-refractivity contribution in [3.8, 4) is 0 Å². The third-order valence-corrected chi connectivity index (χ3v) is 3.94. The number of carbonyl (C=O) groups is 1. The van der Waals surface area contributed by atoms with Gasteiger partial charge in [0.15, 0.2) is 5.76 Å². The molecule has 1 aliphatic carbocycles. The molecule has 20 heavy (non-hydrogen) atoms. The highest BCUT2D eigenvalue weighted by Gasteiger charge is 2.25. The third-order valence-electron chi connectivity index (χ3n) is 3.94. The Bertz CT molecular complexity index is 632. The van der Waals surface area contributed by atoms with E-state index in [1.807, 2.05) is 25.1 Å². The van der Waals surface area contributed by atoms with Gasteiger partial charge in [-0.05, 0) is 38.0 Å². The molecule has 1 saturated carbocycles. The van der Waals surface area contributed by atoms with Crippen LogP contribution in [0.4, 0.5) is 0 Å². The van der Waals surface area contributed by atoms with Gasteiger partial charge in [0.25, 0.3) is 5.91 Å². The summed E-state index contributed by atoms with van der Waals surface area (Å²) in [7, 11) is 0. The van der Waals surface area contributed by atoms with Gasteiger partial charge in [-0.15, -0.1) is 0 Å². The predicted octanol–water partition coefficient (Wildman–Crippen LogP) is 2.77. The summed E-state index contributed by atoms with van der Waals surface area (Å²) in [5.41, 5.74) is 1.85. The zero-order valence-electron chi connectivity index (χ0n) is 11.6. The molecule has 106 valence electrons. The topological polar surface area (TPSA) is 62.5 Å². The maximum absolute atomic E-state index is 12.2. The molecule has 1 aromatic heterocycles. The number of carbonyl (C=O) groups excluding carboxylic acids is 1. The quantitative estimate of drug-likeness (QED) is 0.884.